The molecule has 7 fully saturated rings. The molecule has 7 rings (SSSR count). The molecule has 0 aromatic heterocycles. The van der Waals surface area contributed by atoms with Crippen molar-refractivity contribution < 1.29 is 4.74 Å². The van der Waals surface area contributed by atoms with Crippen LogP contribution < -0.4 is 0 Å². The lowest BCUT2D eigenvalue weighted by molar-refractivity contribution is -0.0155. The summed E-state index contributed by atoms with van der Waals surface area (Å²) in [5, 5.41) is 0. The van der Waals surface area contributed by atoms with Crippen LogP contribution in [0.1, 0.15) is 13.3 Å². The van der Waals surface area contributed by atoms with Gasteiger partial charge < -0.3 is 4.74 Å². The second-order valence-electron chi connectivity index (χ2n) is 6.69. The third-order valence-corrected chi connectivity index (χ3v) is 7.09. The van der Waals surface area contributed by atoms with Gasteiger partial charge in [0, 0.05) is 0 Å². The van der Waals surface area contributed by atoms with Crippen LogP contribution in [0.4, 0.5) is 0 Å². The van der Waals surface area contributed by atoms with Crippen LogP contribution in [-0.4, -0.2) is 11.7 Å². The molecule has 0 aromatic rings. The third-order valence-electron chi connectivity index (χ3n) is 7.09. The second-order valence-corrected chi connectivity index (χ2v) is 6.69. The Labute approximate surface area is 77.8 Å². The zero-order valence-electron chi connectivity index (χ0n) is 7.81. The van der Waals surface area contributed by atoms with Gasteiger partial charge in [-0.2, -0.15) is 0 Å². The van der Waals surface area contributed by atoms with Gasteiger partial charge in [-0.15, -0.1) is 0 Å². The molecule has 5 aliphatic carbocycles. The Bertz CT molecular complexity index is 351. The van der Waals surface area contributed by atoms with Gasteiger partial charge in [0.05, 0.1) is 11.7 Å². The molecule has 0 spiro atoms. The standard InChI is InChI=1S/C12H14O/c1-12-9-4-2-3-5-6(4)10(12)8(5)11(13-12)7(3)9/h3-11H,2H2,1H3/t3-,4?,5?,6?,7?,8?,9?,10?,11?,12?/m1/s1. The molecule has 1 heteroatoms. The normalized spacial score (nSPS) is 93.5. The summed E-state index contributed by atoms with van der Waals surface area (Å²) in [7, 11) is 0. The van der Waals surface area contributed by atoms with E-state index in [9.17, 15) is 0 Å². The van der Waals surface area contributed by atoms with E-state index in [0.29, 0.717) is 5.60 Å². The van der Waals surface area contributed by atoms with Crippen molar-refractivity contribution in [1.82, 2.24) is 0 Å². The average Bonchev–Trinajstić information content (AvgIpc) is 2.58. The highest BCUT2D eigenvalue weighted by atomic mass is 16.5. The van der Waals surface area contributed by atoms with Gasteiger partial charge in [-0.05, 0) is 60.7 Å². The Morgan fingerprint density at radius 3 is 2.85 bits per heavy atom. The fourth-order valence-corrected chi connectivity index (χ4v) is 7.48. The minimum absolute atomic E-state index is 0.386. The molecular weight excluding hydrogens is 160 g/mol. The monoisotopic (exact) mass is 174 g/mol. The van der Waals surface area contributed by atoms with E-state index in [0.717, 1.165) is 53.4 Å². The lowest BCUT2D eigenvalue weighted by atomic mass is 9.58. The van der Waals surface area contributed by atoms with Gasteiger partial charge in [-0.3, -0.25) is 0 Å². The predicted molar refractivity (Wildman–Crippen MR) is 45.8 cm³/mol. The molecule has 10 atom stereocenters. The smallest absolute Gasteiger partial charge is 0.0727 e. The minimum atomic E-state index is 0.386. The molecule has 2 heterocycles. The zero-order chi connectivity index (χ0) is 8.11. The molecule has 7 aliphatic rings. The highest BCUT2D eigenvalue weighted by Crippen LogP contribution is 2.90. The van der Waals surface area contributed by atoms with Crippen LogP contribution in [-0.2, 0) is 4.74 Å². The summed E-state index contributed by atoms with van der Waals surface area (Å²) in [6.45, 7) is 2.45. The van der Waals surface area contributed by atoms with E-state index < -0.39 is 0 Å². The molecule has 2 saturated heterocycles. The summed E-state index contributed by atoms with van der Waals surface area (Å²) in [5.74, 6) is 8.70. The minimum Gasteiger partial charge on any atom is -0.371 e. The van der Waals surface area contributed by atoms with Gasteiger partial charge in [0.25, 0.3) is 0 Å². The largest absolute Gasteiger partial charge is 0.371 e. The summed E-state index contributed by atoms with van der Waals surface area (Å²) < 4.78 is 6.36. The quantitative estimate of drug-likeness (QED) is 0.541. The van der Waals surface area contributed by atoms with E-state index in [4.69, 9.17) is 4.74 Å². The zero-order valence-corrected chi connectivity index (χ0v) is 7.81. The summed E-state index contributed by atoms with van der Waals surface area (Å²) in [6, 6.07) is 0. The van der Waals surface area contributed by atoms with Crippen LogP contribution in [0.3, 0.4) is 0 Å². The molecule has 0 radical (unpaired) electrons. The highest BCUT2D eigenvalue weighted by Gasteiger charge is 2.91. The molecule has 0 aromatic carbocycles. The molecule has 0 amide bonds. The van der Waals surface area contributed by atoms with Gasteiger partial charge in [-0.25, -0.2) is 0 Å². The van der Waals surface area contributed by atoms with Crippen LogP contribution in [0.5, 0.6) is 0 Å². The number of ether oxygens (including phenoxy) is 1. The topological polar surface area (TPSA) is 9.23 Å². The second kappa shape index (κ2) is 1.18. The third kappa shape index (κ3) is 0.281. The first kappa shape index (κ1) is 5.75. The van der Waals surface area contributed by atoms with Crippen LogP contribution in [0.25, 0.3) is 0 Å². The van der Waals surface area contributed by atoms with Gasteiger partial charge in [-0.1, -0.05) is 0 Å². The summed E-state index contributed by atoms with van der Waals surface area (Å²) in [4.78, 5) is 0. The molecule has 5 saturated carbocycles. The average molecular weight is 174 g/mol. The molecule has 1 nitrogen and oxygen atoms in total. The van der Waals surface area contributed by atoms with E-state index in [2.05, 4.69) is 6.92 Å². The predicted octanol–water partition coefficient (Wildman–Crippen LogP) is 1.53. The first-order valence-electron chi connectivity index (χ1n) is 6.00. The Hall–Kier alpha value is -0.0400. The van der Waals surface area contributed by atoms with Crippen molar-refractivity contribution in [2.45, 2.75) is 25.0 Å². The Kier molecular flexibility index (Phi) is 0.520. The number of hydrogen-bond donors (Lipinski definition) is 0. The Balaban J connectivity index is 1.84. The SMILES string of the molecule is CC12OC3C4C5C(C6C[C@H]5C3C61)C42. The van der Waals surface area contributed by atoms with Crippen LogP contribution >= 0.6 is 0 Å². The lowest BCUT2D eigenvalue weighted by Gasteiger charge is -2.45. The molecule has 68 valence electrons. The van der Waals surface area contributed by atoms with Crippen molar-refractivity contribution in [2.75, 3.05) is 0 Å². The molecule has 9 unspecified atom stereocenters. The first-order chi connectivity index (χ1) is 6.32. The number of hydrogen-bond acceptors (Lipinski definition) is 1. The van der Waals surface area contributed by atoms with Crippen LogP contribution in [0.2, 0.25) is 0 Å². The highest BCUT2D eigenvalue weighted by molar-refractivity contribution is 5.38. The van der Waals surface area contributed by atoms with Gasteiger partial charge in [0.1, 0.15) is 0 Å². The van der Waals surface area contributed by atoms with E-state index in [1.54, 1.807) is 6.42 Å². The van der Waals surface area contributed by atoms with Gasteiger partial charge in [0.2, 0.25) is 0 Å². The summed E-state index contributed by atoms with van der Waals surface area (Å²) in [6.07, 6.45) is 2.35. The van der Waals surface area contributed by atoms with Gasteiger partial charge in [0.15, 0.2) is 0 Å². The van der Waals surface area contributed by atoms with E-state index in [1.807, 2.05) is 0 Å². The molecule has 0 N–H and O–H groups in total. The molecule has 4 bridgehead atoms. The summed E-state index contributed by atoms with van der Waals surface area (Å²) in [5.41, 5.74) is 0.386. The Morgan fingerprint density at radius 2 is 1.92 bits per heavy atom. The fourth-order valence-electron chi connectivity index (χ4n) is 7.48. The van der Waals surface area contributed by atoms with E-state index >= 15 is 0 Å². The molecule has 13 heavy (non-hydrogen) atoms. The van der Waals surface area contributed by atoms with Crippen LogP contribution in [0, 0.1) is 47.3 Å². The first-order valence-corrected chi connectivity index (χ1v) is 6.00. The lowest BCUT2D eigenvalue weighted by Crippen LogP contribution is -2.47. The summed E-state index contributed by atoms with van der Waals surface area (Å²) >= 11 is 0. The maximum Gasteiger partial charge on any atom is 0.0727 e. The Morgan fingerprint density at radius 1 is 1.00 bits per heavy atom. The maximum atomic E-state index is 6.36. The van der Waals surface area contributed by atoms with Crippen molar-refractivity contribution in [1.29, 1.82) is 0 Å². The van der Waals surface area contributed by atoms with Crippen molar-refractivity contribution in [2.24, 2.45) is 47.3 Å². The number of rotatable bonds is 0. The fraction of sp³-hybridized carbons (Fsp3) is 1.00. The van der Waals surface area contributed by atoms with Crippen molar-refractivity contribution in [3.05, 3.63) is 0 Å². The van der Waals surface area contributed by atoms with E-state index in [1.165, 1.54) is 0 Å². The van der Waals surface area contributed by atoms with Crippen molar-refractivity contribution in [3.8, 4) is 0 Å². The van der Waals surface area contributed by atoms with E-state index in [-0.39, 0.29) is 0 Å². The molecule has 2 aliphatic heterocycles. The van der Waals surface area contributed by atoms with Crippen molar-refractivity contribution in [3.63, 3.8) is 0 Å². The molecular formula is C12H14O. The van der Waals surface area contributed by atoms with Crippen molar-refractivity contribution >= 4 is 0 Å². The maximum absolute atomic E-state index is 6.36. The van der Waals surface area contributed by atoms with Crippen LogP contribution in [0.15, 0.2) is 0 Å². The van der Waals surface area contributed by atoms with Gasteiger partial charge >= 0.3 is 0 Å².